The van der Waals surface area contributed by atoms with Crippen LogP contribution in [-0.4, -0.2) is 61.7 Å². The van der Waals surface area contributed by atoms with Crippen molar-refractivity contribution in [2.75, 3.05) is 33.7 Å². The van der Waals surface area contributed by atoms with E-state index in [-0.39, 0.29) is 0 Å². The quantitative estimate of drug-likeness (QED) is 0.841. The summed E-state index contributed by atoms with van der Waals surface area (Å²) >= 11 is 0. The maximum atomic E-state index is 3.86. The van der Waals surface area contributed by atoms with E-state index >= 15 is 0 Å². The molecule has 124 valence electrons. The van der Waals surface area contributed by atoms with Gasteiger partial charge in [0.25, 0.3) is 0 Å². The van der Waals surface area contributed by atoms with E-state index in [1.807, 2.05) is 0 Å². The van der Waals surface area contributed by atoms with Crippen LogP contribution in [0.1, 0.15) is 52.9 Å². The second-order valence-electron chi connectivity index (χ2n) is 7.83. The van der Waals surface area contributed by atoms with Crippen LogP contribution in [0.2, 0.25) is 0 Å². The van der Waals surface area contributed by atoms with E-state index < -0.39 is 0 Å². The number of rotatable bonds is 5. The minimum absolute atomic E-state index is 0.681. The highest BCUT2D eigenvalue weighted by molar-refractivity contribution is 4.96. The van der Waals surface area contributed by atoms with Gasteiger partial charge in [-0.25, -0.2) is 0 Å². The van der Waals surface area contributed by atoms with Gasteiger partial charge < -0.3 is 10.2 Å². The first-order valence-electron chi connectivity index (χ1n) is 9.16. The number of hydrogen-bond donors (Lipinski definition) is 1. The minimum atomic E-state index is 0.681. The van der Waals surface area contributed by atoms with Crippen molar-refractivity contribution >= 4 is 0 Å². The van der Waals surface area contributed by atoms with Gasteiger partial charge in [-0.2, -0.15) is 0 Å². The summed E-state index contributed by atoms with van der Waals surface area (Å²) in [5.41, 5.74) is 0. The first-order valence-corrected chi connectivity index (χ1v) is 9.16. The van der Waals surface area contributed by atoms with Gasteiger partial charge in [-0.05, 0) is 71.1 Å². The lowest BCUT2D eigenvalue weighted by Gasteiger charge is -2.49. The highest BCUT2D eigenvalue weighted by atomic mass is 15.2. The summed E-state index contributed by atoms with van der Waals surface area (Å²) < 4.78 is 0. The molecule has 1 aliphatic carbocycles. The van der Waals surface area contributed by atoms with E-state index in [1.165, 1.54) is 51.7 Å². The molecular formula is C18H37N3. The normalized spacial score (nSPS) is 38.9. The number of likely N-dealkylation sites (tertiary alicyclic amines) is 1. The van der Waals surface area contributed by atoms with Crippen molar-refractivity contribution in [3.63, 3.8) is 0 Å². The summed E-state index contributed by atoms with van der Waals surface area (Å²) in [7, 11) is 4.67. The fourth-order valence-corrected chi connectivity index (χ4v) is 4.77. The summed E-state index contributed by atoms with van der Waals surface area (Å²) in [5.74, 6) is 1.67. The number of hydrogen-bond acceptors (Lipinski definition) is 3. The van der Waals surface area contributed by atoms with E-state index in [1.54, 1.807) is 0 Å². The molecule has 0 bridgehead atoms. The largest absolute Gasteiger partial charge is 0.312 e. The van der Waals surface area contributed by atoms with Gasteiger partial charge in [0, 0.05) is 24.7 Å². The Morgan fingerprint density at radius 2 is 2.00 bits per heavy atom. The molecule has 2 aliphatic rings. The number of likely N-dealkylation sites (N-methyl/N-ethyl adjacent to an activating group) is 2. The fraction of sp³-hybridized carbons (Fsp3) is 1.00. The smallest absolute Gasteiger partial charge is 0.0275 e. The first kappa shape index (κ1) is 17.2. The van der Waals surface area contributed by atoms with Gasteiger partial charge in [-0.15, -0.1) is 0 Å². The molecule has 0 aromatic rings. The van der Waals surface area contributed by atoms with Gasteiger partial charge in [-0.1, -0.05) is 20.8 Å². The van der Waals surface area contributed by atoms with E-state index in [4.69, 9.17) is 0 Å². The van der Waals surface area contributed by atoms with E-state index in [2.05, 4.69) is 50.0 Å². The maximum absolute atomic E-state index is 3.86. The topological polar surface area (TPSA) is 18.5 Å². The SMILES string of the molecule is CCCNC1CC(C)CC(C)C1N(C)C1CCCN(C)C1. The van der Waals surface area contributed by atoms with Crippen molar-refractivity contribution in [2.24, 2.45) is 11.8 Å². The van der Waals surface area contributed by atoms with E-state index in [0.717, 1.165) is 17.9 Å². The van der Waals surface area contributed by atoms with Crippen molar-refractivity contribution in [1.82, 2.24) is 15.1 Å². The van der Waals surface area contributed by atoms with Crippen LogP contribution in [0.3, 0.4) is 0 Å². The predicted molar refractivity (Wildman–Crippen MR) is 91.7 cm³/mol. The van der Waals surface area contributed by atoms with Crippen molar-refractivity contribution in [3.8, 4) is 0 Å². The molecule has 5 unspecified atom stereocenters. The molecule has 0 aromatic heterocycles. The van der Waals surface area contributed by atoms with Gasteiger partial charge in [0.05, 0.1) is 0 Å². The molecule has 2 fully saturated rings. The average molecular weight is 296 g/mol. The molecule has 1 aliphatic heterocycles. The van der Waals surface area contributed by atoms with Crippen LogP contribution in [-0.2, 0) is 0 Å². The Labute approximate surface area is 132 Å². The van der Waals surface area contributed by atoms with Crippen LogP contribution in [0, 0.1) is 11.8 Å². The first-order chi connectivity index (χ1) is 10.0. The van der Waals surface area contributed by atoms with E-state index in [0.29, 0.717) is 12.1 Å². The average Bonchev–Trinajstić information content (AvgIpc) is 2.44. The molecule has 0 spiro atoms. The molecule has 1 saturated carbocycles. The molecule has 0 radical (unpaired) electrons. The van der Waals surface area contributed by atoms with Gasteiger partial charge in [0.2, 0.25) is 0 Å². The number of piperidine rings is 1. The minimum Gasteiger partial charge on any atom is -0.312 e. The molecule has 0 amide bonds. The van der Waals surface area contributed by atoms with Crippen LogP contribution in [0.25, 0.3) is 0 Å². The molecule has 1 N–H and O–H groups in total. The Morgan fingerprint density at radius 1 is 1.24 bits per heavy atom. The van der Waals surface area contributed by atoms with Crippen LogP contribution in [0.15, 0.2) is 0 Å². The molecule has 0 aromatic carbocycles. The third-order valence-electron chi connectivity index (χ3n) is 5.73. The lowest BCUT2D eigenvalue weighted by Crippen LogP contribution is -2.60. The third-order valence-corrected chi connectivity index (χ3v) is 5.73. The molecule has 3 nitrogen and oxygen atoms in total. The Morgan fingerprint density at radius 3 is 2.67 bits per heavy atom. The lowest BCUT2D eigenvalue weighted by atomic mass is 9.75. The molecule has 3 heteroatoms. The van der Waals surface area contributed by atoms with Crippen molar-refractivity contribution in [2.45, 2.75) is 71.0 Å². The Hall–Kier alpha value is -0.120. The second kappa shape index (κ2) is 7.94. The van der Waals surface area contributed by atoms with Crippen molar-refractivity contribution in [3.05, 3.63) is 0 Å². The highest BCUT2D eigenvalue weighted by Gasteiger charge is 2.38. The van der Waals surface area contributed by atoms with Gasteiger partial charge >= 0.3 is 0 Å². The van der Waals surface area contributed by atoms with E-state index in [9.17, 15) is 0 Å². The van der Waals surface area contributed by atoms with Crippen LogP contribution < -0.4 is 5.32 Å². The van der Waals surface area contributed by atoms with Gasteiger partial charge in [0.15, 0.2) is 0 Å². The molecule has 1 heterocycles. The fourth-order valence-electron chi connectivity index (χ4n) is 4.77. The summed E-state index contributed by atoms with van der Waals surface area (Å²) in [5, 5.41) is 3.86. The second-order valence-corrected chi connectivity index (χ2v) is 7.83. The Balaban J connectivity index is 2.04. The molecule has 2 rings (SSSR count). The zero-order valence-electron chi connectivity index (χ0n) is 14.9. The lowest BCUT2D eigenvalue weighted by molar-refractivity contribution is 0.0253. The molecule has 21 heavy (non-hydrogen) atoms. The summed E-state index contributed by atoms with van der Waals surface area (Å²) in [6, 6.07) is 2.14. The zero-order chi connectivity index (χ0) is 15.4. The van der Waals surface area contributed by atoms with Gasteiger partial charge in [-0.3, -0.25) is 4.90 Å². The van der Waals surface area contributed by atoms with Gasteiger partial charge in [0.1, 0.15) is 0 Å². The number of nitrogens with one attached hydrogen (secondary N) is 1. The Kier molecular flexibility index (Phi) is 6.51. The maximum Gasteiger partial charge on any atom is 0.0275 e. The molecule has 5 atom stereocenters. The van der Waals surface area contributed by atoms with Crippen molar-refractivity contribution < 1.29 is 0 Å². The highest BCUT2D eigenvalue weighted by Crippen LogP contribution is 2.33. The standard InChI is InChI=1S/C18H37N3/c1-6-9-19-17-12-14(2)11-15(3)18(17)21(5)16-8-7-10-20(4)13-16/h14-19H,6-13H2,1-5H3. The predicted octanol–water partition coefficient (Wildman–Crippen LogP) is 2.82. The van der Waals surface area contributed by atoms with Crippen LogP contribution in [0.4, 0.5) is 0 Å². The van der Waals surface area contributed by atoms with Crippen LogP contribution >= 0.6 is 0 Å². The molecular weight excluding hydrogens is 258 g/mol. The molecule has 1 saturated heterocycles. The zero-order valence-corrected chi connectivity index (χ0v) is 14.9. The Bertz CT molecular complexity index is 307. The third kappa shape index (κ3) is 4.43. The summed E-state index contributed by atoms with van der Waals surface area (Å²) in [6.07, 6.45) is 6.71. The van der Waals surface area contributed by atoms with Crippen LogP contribution in [0.5, 0.6) is 0 Å². The summed E-state index contributed by atoms with van der Waals surface area (Å²) in [4.78, 5) is 5.24. The monoisotopic (exact) mass is 295 g/mol. The number of nitrogens with zero attached hydrogens (tertiary/aromatic N) is 2. The van der Waals surface area contributed by atoms with Crippen molar-refractivity contribution in [1.29, 1.82) is 0 Å². The summed E-state index contributed by atoms with van der Waals surface area (Å²) in [6.45, 7) is 10.9.